The van der Waals surface area contributed by atoms with Crippen LogP contribution in [-0.2, 0) is 12.6 Å². The third kappa shape index (κ3) is 3.33. The normalized spacial score (nSPS) is 13.2. The van der Waals surface area contributed by atoms with Gasteiger partial charge in [-0.3, -0.25) is 4.98 Å². The number of halogens is 4. The summed E-state index contributed by atoms with van der Waals surface area (Å²) in [6.45, 7) is 0. The van der Waals surface area contributed by atoms with Gasteiger partial charge in [-0.2, -0.15) is 13.2 Å². The lowest BCUT2D eigenvalue weighted by molar-refractivity contribution is -0.138. The van der Waals surface area contributed by atoms with E-state index < -0.39 is 23.6 Å². The van der Waals surface area contributed by atoms with Crippen LogP contribution in [0.4, 0.5) is 17.6 Å². The number of hydrogen-bond acceptors (Lipinski definition) is 2. The summed E-state index contributed by atoms with van der Waals surface area (Å²) in [4.78, 5) is 3.87. The summed E-state index contributed by atoms with van der Waals surface area (Å²) in [5.41, 5.74) is 5.34. The highest BCUT2D eigenvalue weighted by molar-refractivity contribution is 5.34. The van der Waals surface area contributed by atoms with Crippen LogP contribution in [-0.4, -0.2) is 4.98 Å². The minimum Gasteiger partial charge on any atom is -0.324 e. The van der Waals surface area contributed by atoms with E-state index >= 15 is 0 Å². The van der Waals surface area contributed by atoms with Gasteiger partial charge in [0.1, 0.15) is 5.82 Å². The summed E-state index contributed by atoms with van der Waals surface area (Å²) < 4.78 is 51.9. The highest BCUT2D eigenvalue weighted by Gasteiger charge is 2.34. The quantitative estimate of drug-likeness (QED) is 0.876. The van der Waals surface area contributed by atoms with Crippen LogP contribution in [0.5, 0.6) is 0 Å². The van der Waals surface area contributed by atoms with Crippen LogP contribution in [0.1, 0.15) is 22.7 Å². The molecule has 2 N–H and O–H groups in total. The Morgan fingerprint density at radius 3 is 2.55 bits per heavy atom. The molecule has 0 aliphatic carbocycles. The number of pyridine rings is 1. The SMILES string of the molecule is NC(Cc1cccnc1)c1cc(F)ccc1C(F)(F)F. The third-order valence-electron chi connectivity index (χ3n) is 2.90. The standard InChI is InChI=1S/C14H12F4N2/c15-10-3-4-12(14(16,17)18)11(7-10)13(19)6-9-2-1-5-20-8-9/h1-5,7-8,13H,6,19H2. The summed E-state index contributed by atoms with van der Waals surface area (Å²) in [6, 6.07) is 4.75. The fourth-order valence-corrected chi connectivity index (χ4v) is 1.98. The first-order valence-electron chi connectivity index (χ1n) is 5.89. The molecule has 0 aliphatic rings. The van der Waals surface area contributed by atoms with Crippen molar-refractivity contribution in [3.63, 3.8) is 0 Å². The largest absolute Gasteiger partial charge is 0.416 e. The summed E-state index contributed by atoms with van der Waals surface area (Å²) in [7, 11) is 0. The molecule has 1 aromatic heterocycles. The molecule has 0 bridgehead atoms. The van der Waals surface area contributed by atoms with Crippen LogP contribution < -0.4 is 5.73 Å². The molecule has 1 atom stereocenters. The van der Waals surface area contributed by atoms with Crippen LogP contribution >= 0.6 is 0 Å². The molecule has 106 valence electrons. The lowest BCUT2D eigenvalue weighted by Gasteiger charge is -2.18. The van der Waals surface area contributed by atoms with Crippen LogP contribution in [0.15, 0.2) is 42.7 Å². The van der Waals surface area contributed by atoms with E-state index in [4.69, 9.17) is 5.73 Å². The zero-order chi connectivity index (χ0) is 14.8. The Labute approximate surface area is 113 Å². The van der Waals surface area contributed by atoms with E-state index in [1.165, 1.54) is 6.20 Å². The first-order valence-corrected chi connectivity index (χ1v) is 5.89. The Kier molecular flexibility index (Phi) is 4.04. The molecule has 0 spiro atoms. The third-order valence-corrected chi connectivity index (χ3v) is 2.90. The summed E-state index contributed by atoms with van der Waals surface area (Å²) in [5, 5.41) is 0. The predicted molar refractivity (Wildman–Crippen MR) is 66.3 cm³/mol. The molecular formula is C14H12F4N2. The number of alkyl halides is 3. The first kappa shape index (κ1) is 14.5. The highest BCUT2D eigenvalue weighted by atomic mass is 19.4. The second-order valence-electron chi connectivity index (χ2n) is 4.40. The minimum absolute atomic E-state index is 0.153. The number of nitrogens with zero attached hydrogens (tertiary/aromatic N) is 1. The predicted octanol–water partition coefficient (Wildman–Crippen LogP) is 3.48. The van der Waals surface area contributed by atoms with Gasteiger partial charge in [0.05, 0.1) is 5.56 Å². The molecule has 20 heavy (non-hydrogen) atoms. The van der Waals surface area contributed by atoms with Crippen LogP contribution in [0.3, 0.4) is 0 Å². The van der Waals surface area contributed by atoms with Crippen LogP contribution in [0.2, 0.25) is 0 Å². The van der Waals surface area contributed by atoms with Gasteiger partial charge in [0.2, 0.25) is 0 Å². The van der Waals surface area contributed by atoms with Gasteiger partial charge in [0.25, 0.3) is 0 Å². The van der Waals surface area contributed by atoms with Crippen molar-refractivity contribution < 1.29 is 17.6 Å². The smallest absolute Gasteiger partial charge is 0.324 e. The highest BCUT2D eigenvalue weighted by Crippen LogP contribution is 2.35. The van der Waals surface area contributed by atoms with Crippen LogP contribution in [0, 0.1) is 5.82 Å². The first-order chi connectivity index (χ1) is 9.38. The average Bonchev–Trinajstić information content (AvgIpc) is 2.38. The Morgan fingerprint density at radius 2 is 1.95 bits per heavy atom. The van der Waals surface area contributed by atoms with E-state index in [1.54, 1.807) is 18.3 Å². The van der Waals surface area contributed by atoms with Gasteiger partial charge in [-0.25, -0.2) is 4.39 Å². The molecule has 0 fully saturated rings. The fourth-order valence-electron chi connectivity index (χ4n) is 1.98. The lowest BCUT2D eigenvalue weighted by Crippen LogP contribution is -2.19. The van der Waals surface area contributed by atoms with E-state index in [2.05, 4.69) is 4.98 Å². The maximum atomic E-state index is 13.2. The molecular weight excluding hydrogens is 272 g/mol. The van der Waals surface area contributed by atoms with Gasteiger partial charge < -0.3 is 5.73 Å². The molecule has 2 rings (SSSR count). The average molecular weight is 284 g/mol. The van der Waals surface area contributed by atoms with Gasteiger partial charge in [0, 0.05) is 18.4 Å². The lowest BCUT2D eigenvalue weighted by atomic mass is 9.95. The monoisotopic (exact) mass is 284 g/mol. The van der Waals surface area contributed by atoms with E-state index in [1.807, 2.05) is 0 Å². The van der Waals surface area contributed by atoms with Crippen molar-refractivity contribution in [3.05, 3.63) is 65.2 Å². The van der Waals surface area contributed by atoms with Crippen molar-refractivity contribution in [2.75, 3.05) is 0 Å². The molecule has 2 nitrogen and oxygen atoms in total. The summed E-state index contributed by atoms with van der Waals surface area (Å²) >= 11 is 0. The Morgan fingerprint density at radius 1 is 1.20 bits per heavy atom. The Bertz CT molecular complexity index is 581. The molecule has 1 unspecified atom stereocenters. The molecule has 0 radical (unpaired) electrons. The number of aromatic nitrogens is 1. The maximum absolute atomic E-state index is 13.2. The number of nitrogens with two attached hydrogens (primary N) is 1. The van der Waals surface area contributed by atoms with Crippen LogP contribution in [0.25, 0.3) is 0 Å². The minimum atomic E-state index is -4.56. The van der Waals surface area contributed by atoms with Gasteiger partial charge in [-0.1, -0.05) is 6.07 Å². The van der Waals surface area contributed by atoms with Crippen molar-refractivity contribution in [1.82, 2.24) is 4.98 Å². The van der Waals surface area contributed by atoms with Gasteiger partial charge >= 0.3 is 6.18 Å². The molecule has 0 aliphatic heterocycles. The molecule has 1 heterocycles. The summed E-state index contributed by atoms with van der Waals surface area (Å²) in [6.07, 6.45) is -1.33. The number of benzene rings is 1. The van der Waals surface area contributed by atoms with Crippen molar-refractivity contribution in [2.24, 2.45) is 5.73 Å². The van der Waals surface area contributed by atoms with Crippen molar-refractivity contribution in [3.8, 4) is 0 Å². The second-order valence-corrected chi connectivity index (χ2v) is 4.40. The van der Waals surface area contributed by atoms with E-state index in [0.29, 0.717) is 11.6 Å². The van der Waals surface area contributed by atoms with Gasteiger partial charge in [-0.15, -0.1) is 0 Å². The van der Waals surface area contributed by atoms with Crippen molar-refractivity contribution in [1.29, 1.82) is 0 Å². The number of rotatable bonds is 3. The van der Waals surface area contributed by atoms with Gasteiger partial charge in [-0.05, 0) is 41.8 Å². The Hall–Kier alpha value is -1.95. The maximum Gasteiger partial charge on any atom is 0.416 e. The molecule has 1 aromatic carbocycles. The van der Waals surface area contributed by atoms with E-state index in [9.17, 15) is 17.6 Å². The fraction of sp³-hybridized carbons (Fsp3) is 0.214. The van der Waals surface area contributed by atoms with E-state index in [0.717, 1.165) is 12.1 Å². The molecule has 0 amide bonds. The van der Waals surface area contributed by atoms with Gasteiger partial charge in [0.15, 0.2) is 0 Å². The molecule has 0 saturated carbocycles. The second kappa shape index (κ2) is 5.58. The zero-order valence-electron chi connectivity index (χ0n) is 10.4. The topological polar surface area (TPSA) is 38.9 Å². The Balaban J connectivity index is 2.34. The summed E-state index contributed by atoms with van der Waals surface area (Å²) in [5.74, 6) is -0.741. The van der Waals surface area contributed by atoms with E-state index in [-0.39, 0.29) is 12.0 Å². The molecule has 0 saturated heterocycles. The zero-order valence-corrected chi connectivity index (χ0v) is 10.4. The van der Waals surface area contributed by atoms with Crippen molar-refractivity contribution in [2.45, 2.75) is 18.6 Å². The molecule has 6 heteroatoms. The van der Waals surface area contributed by atoms with Crippen molar-refractivity contribution >= 4 is 0 Å². The number of hydrogen-bond donors (Lipinski definition) is 1. The molecule has 2 aromatic rings.